The molecule has 8 nitrogen and oxygen atoms in total. The number of methoxy groups -OCH3 is 1. The highest BCUT2D eigenvalue weighted by atomic mass is 35.5. The Balaban J connectivity index is 1.32. The van der Waals surface area contributed by atoms with E-state index in [2.05, 4.69) is 32.1 Å². The zero-order valence-electron chi connectivity index (χ0n) is 22.6. The number of likely N-dealkylation sites (tertiary alicyclic amines) is 1. The summed E-state index contributed by atoms with van der Waals surface area (Å²) < 4.78 is 28.2. The number of ether oxygens (including phenoxy) is 2. The Hall–Kier alpha value is -3.11. The van der Waals surface area contributed by atoms with E-state index in [1.807, 2.05) is 36.4 Å². The Labute approximate surface area is 237 Å². The molecule has 3 aliphatic heterocycles. The quantitative estimate of drug-likeness (QED) is 0.363. The van der Waals surface area contributed by atoms with Gasteiger partial charge < -0.3 is 19.7 Å². The molecule has 10 heteroatoms. The molecule has 40 heavy (non-hydrogen) atoms. The third-order valence-electron chi connectivity index (χ3n) is 8.66. The first-order valence-electron chi connectivity index (χ1n) is 13.9. The summed E-state index contributed by atoms with van der Waals surface area (Å²) in [6.07, 6.45) is 4.97. The molecule has 3 saturated heterocycles. The van der Waals surface area contributed by atoms with Crippen molar-refractivity contribution in [3.8, 4) is 17.3 Å². The molecule has 0 amide bonds. The Morgan fingerprint density at radius 1 is 1.07 bits per heavy atom. The first-order valence-corrected chi connectivity index (χ1v) is 14.3. The first kappa shape index (κ1) is 25.8. The van der Waals surface area contributed by atoms with Crippen molar-refractivity contribution in [1.29, 1.82) is 0 Å². The minimum absolute atomic E-state index is 0.165. The van der Waals surface area contributed by atoms with Gasteiger partial charge in [0.1, 0.15) is 23.6 Å². The molecular formula is C30H32ClFN6O2. The van der Waals surface area contributed by atoms with Crippen molar-refractivity contribution in [2.75, 3.05) is 45.3 Å². The predicted molar refractivity (Wildman–Crippen MR) is 155 cm³/mol. The second-order valence-electron chi connectivity index (χ2n) is 11.2. The minimum Gasteiger partial charge on any atom is -0.462 e. The van der Waals surface area contributed by atoms with Crippen LogP contribution in [0.15, 0.2) is 42.6 Å². The fourth-order valence-electron chi connectivity index (χ4n) is 6.54. The summed E-state index contributed by atoms with van der Waals surface area (Å²) in [5.74, 6) is 0.163. The van der Waals surface area contributed by atoms with E-state index in [0.717, 1.165) is 49.7 Å². The smallest absolute Gasteiger partial charge is 0.319 e. The van der Waals surface area contributed by atoms with Gasteiger partial charge in [0.15, 0.2) is 5.82 Å². The summed E-state index contributed by atoms with van der Waals surface area (Å²) in [4.78, 5) is 18.5. The van der Waals surface area contributed by atoms with Crippen LogP contribution in [0, 0.1) is 5.82 Å². The van der Waals surface area contributed by atoms with Crippen molar-refractivity contribution in [2.45, 2.75) is 43.5 Å². The van der Waals surface area contributed by atoms with Gasteiger partial charge in [0.25, 0.3) is 0 Å². The maximum atomic E-state index is 16.5. The molecule has 4 atom stereocenters. The zero-order chi connectivity index (χ0) is 27.4. The van der Waals surface area contributed by atoms with E-state index in [1.54, 1.807) is 13.3 Å². The van der Waals surface area contributed by atoms with Crippen LogP contribution in [0.25, 0.3) is 32.9 Å². The molecule has 3 fully saturated rings. The fourth-order valence-corrected chi connectivity index (χ4v) is 6.83. The van der Waals surface area contributed by atoms with Crippen LogP contribution in [-0.2, 0) is 4.74 Å². The maximum absolute atomic E-state index is 16.5. The molecule has 2 bridgehead atoms. The van der Waals surface area contributed by atoms with E-state index in [4.69, 9.17) is 26.1 Å². The van der Waals surface area contributed by atoms with Gasteiger partial charge in [-0.05, 0) is 37.8 Å². The van der Waals surface area contributed by atoms with Gasteiger partial charge >= 0.3 is 6.01 Å². The van der Waals surface area contributed by atoms with Gasteiger partial charge in [-0.3, -0.25) is 9.88 Å². The molecule has 208 valence electrons. The number of hydrogen-bond donors (Lipinski definition) is 1. The van der Waals surface area contributed by atoms with Crippen molar-refractivity contribution >= 4 is 39.1 Å². The normalized spacial score (nSPS) is 24.9. The number of anilines is 1. The molecule has 0 aliphatic carbocycles. The number of halogens is 2. The summed E-state index contributed by atoms with van der Waals surface area (Å²) in [6.45, 7) is 2.83. The van der Waals surface area contributed by atoms with Crippen LogP contribution < -0.4 is 15.0 Å². The van der Waals surface area contributed by atoms with Crippen LogP contribution >= 0.6 is 11.6 Å². The molecule has 0 saturated carbocycles. The number of likely N-dealkylation sites (N-methyl/N-ethyl adjacent to an activating group) is 1. The average molecular weight is 563 g/mol. The molecule has 5 heterocycles. The second kappa shape index (κ2) is 10.4. The Morgan fingerprint density at radius 2 is 1.85 bits per heavy atom. The molecule has 2 aromatic heterocycles. The lowest BCUT2D eigenvalue weighted by atomic mass is 10.0. The number of rotatable bonds is 6. The molecule has 0 spiro atoms. The largest absolute Gasteiger partial charge is 0.462 e. The fraction of sp³-hybridized carbons (Fsp3) is 0.433. The van der Waals surface area contributed by atoms with Crippen LogP contribution in [0.1, 0.15) is 19.3 Å². The topological polar surface area (TPSA) is 75.6 Å². The molecule has 4 aromatic rings. The number of hydrogen-bond acceptors (Lipinski definition) is 8. The molecule has 1 N–H and O–H groups in total. The lowest BCUT2D eigenvalue weighted by Crippen LogP contribution is -2.51. The molecule has 3 aliphatic rings. The van der Waals surface area contributed by atoms with Crippen molar-refractivity contribution in [3.05, 3.63) is 53.4 Å². The number of nitrogens with one attached hydrogen (secondary N) is 1. The second-order valence-corrected chi connectivity index (χ2v) is 11.6. The first-order chi connectivity index (χ1) is 19.5. The number of aromatic nitrogens is 3. The lowest BCUT2D eigenvalue weighted by molar-refractivity contribution is 0.111. The molecule has 2 aromatic carbocycles. The van der Waals surface area contributed by atoms with Crippen molar-refractivity contribution < 1.29 is 13.9 Å². The number of nitrogens with zero attached hydrogens (tertiary/aromatic N) is 5. The van der Waals surface area contributed by atoms with E-state index < -0.39 is 5.82 Å². The van der Waals surface area contributed by atoms with Gasteiger partial charge in [-0.2, -0.15) is 9.97 Å². The third-order valence-corrected chi connectivity index (χ3v) is 8.97. The summed E-state index contributed by atoms with van der Waals surface area (Å²) in [6, 6.07) is 12.5. The van der Waals surface area contributed by atoms with Gasteiger partial charge in [0, 0.05) is 67.0 Å². The van der Waals surface area contributed by atoms with Crippen LogP contribution in [0.5, 0.6) is 6.01 Å². The van der Waals surface area contributed by atoms with Crippen molar-refractivity contribution in [2.24, 2.45) is 0 Å². The lowest BCUT2D eigenvalue weighted by Gasteiger charge is -2.34. The minimum atomic E-state index is -0.506. The summed E-state index contributed by atoms with van der Waals surface area (Å²) in [5, 5.41) is 6.47. The number of pyridine rings is 1. The molecule has 7 rings (SSSR count). The number of benzene rings is 2. The Morgan fingerprint density at radius 3 is 2.60 bits per heavy atom. The molecular weight excluding hydrogens is 531 g/mol. The van der Waals surface area contributed by atoms with Gasteiger partial charge in [-0.25, -0.2) is 4.39 Å². The van der Waals surface area contributed by atoms with E-state index in [1.165, 1.54) is 0 Å². The van der Waals surface area contributed by atoms with E-state index in [0.29, 0.717) is 40.5 Å². The highest BCUT2D eigenvalue weighted by Gasteiger charge is 2.35. The van der Waals surface area contributed by atoms with Crippen molar-refractivity contribution in [3.63, 3.8) is 0 Å². The monoisotopic (exact) mass is 562 g/mol. The van der Waals surface area contributed by atoms with E-state index in [-0.39, 0.29) is 29.4 Å². The molecule has 3 unspecified atom stereocenters. The Kier molecular flexibility index (Phi) is 6.70. The van der Waals surface area contributed by atoms with Gasteiger partial charge in [-0.1, -0.05) is 41.9 Å². The maximum Gasteiger partial charge on any atom is 0.319 e. The highest BCUT2D eigenvalue weighted by molar-refractivity contribution is 6.36. The van der Waals surface area contributed by atoms with Crippen LogP contribution in [-0.4, -0.2) is 84.5 Å². The van der Waals surface area contributed by atoms with Crippen LogP contribution in [0.4, 0.5) is 10.2 Å². The third kappa shape index (κ3) is 4.55. The molecule has 0 radical (unpaired) electrons. The summed E-state index contributed by atoms with van der Waals surface area (Å²) in [7, 11) is 3.79. The predicted octanol–water partition coefficient (Wildman–Crippen LogP) is 4.68. The van der Waals surface area contributed by atoms with Crippen LogP contribution in [0.2, 0.25) is 5.02 Å². The summed E-state index contributed by atoms with van der Waals surface area (Å²) in [5.41, 5.74) is 1.04. The van der Waals surface area contributed by atoms with Gasteiger partial charge in [0.05, 0.1) is 11.5 Å². The van der Waals surface area contributed by atoms with E-state index >= 15 is 4.39 Å². The highest BCUT2D eigenvalue weighted by Crippen LogP contribution is 2.38. The number of piperazine rings is 1. The van der Waals surface area contributed by atoms with Crippen molar-refractivity contribution in [1.82, 2.24) is 25.2 Å². The average Bonchev–Trinajstić information content (AvgIpc) is 3.51. The zero-order valence-corrected chi connectivity index (χ0v) is 23.4. The summed E-state index contributed by atoms with van der Waals surface area (Å²) >= 11 is 6.58. The SMILES string of the molecule is COC1C[C@@H](COc2nc(N3CC4CCC(C3)N4)c3cnc(-c4cccc5cccc(Cl)c45)c(F)c3n2)N(C)C1. The van der Waals surface area contributed by atoms with E-state index in [9.17, 15) is 0 Å². The van der Waals surface area contributed by atoms with Crippen LogP contribution in [0.3, 0.4) is 0 Å². The van der Waals surface area contributed by atoms with Gasteiger partial charge in [0.2, 0.25) is 0 Å². The van der Waals surface area contributed by atoms with Gasteiger partial charge in [-0.15, -0.1) is 0 Å². The Bertz CT molecular complexity index is 1570. The number of fused-ring (bicyclic) bond motifs is 4. The standard InChI is InChI=1S/C30H32ClFN6O2/c1-37-15-21(39-2)11-20(37)16-40-30-35-28-23(29(36-30)38-13-18-9-10-19(14-38)34-18)12-33-27(26(28)32)22-7-3-5-17-6-4-8-24(31)25(17)22/h3-8,12,18-21,34H,9-11,13-16H2,1-2H3/t18?,19?,20-,21?/m0/s1.